The molecule has 0 aromatic heterocycles. The number of hydrogen-bond donors (Lipinski definition) is 1. The zero-order valence-electron chi connectivity index (χ0n) is 15.9. The maximum atomic E-state index is 12.3. The molecule has 3 rings (SSSR count). The van der Waals surface area contributed by atoms with E-state index in [9.17, 15) is 8.42 Å². The lowest BCUT2D eigenvalue weighted by Crippen LogP contribution is -2.44. The molecule has 2 aromatic carbocycles. The van der Waals surface area contributed by atoms with Crippen LogP contribution in [-0.4, -0.2) is 60.2 Å². The number of piperazine rings is 1. The molecule has 0 spiro atoms. The van der Waals surface area contributed by atoms with E-state index in [0.717, 1.165) is 31.7 Å². The number of nitrogens with zero attached hydrogens (tertiary/aromatic N) is 2. The van der Waals surface area contributed by atoms with E-state index >= 15 is 0 Å². The van der Waals surface area contributed by atoms with Crippen LogP contribution >= 0.6 is 0 Å². The highest BCUT2D eigenvalue weighted by Crippen LogP contribution is 2.18. The Labute approximate surface area is 161 Å². The lowest BCUT2D eigenvalue weighted by molar-refractivity contribution is 0.313. The molecule has 1 heterocycles. The lowest BCUT2D eigenvalue weighted by atomic mass is 10.1. The van der Waals surface area contributed by atoms with Gasteiger partial charge in [-0.05, 0) is 55.4 Å². The number of rotatable bonds is 7. The minimum atomic E-state index is -3.50. The molecule has 2 aromatic rings. The van der Waals surface area contributed by atoms with Crippen LogP contribution < -0.4 is 14.4 Å². The normalized spacial score (nSPS) is 15.7. The van der Waals surface area contributed by atoms with Crippen LogP contribution in [0.25, 0.3) is 0 Å². The molecule has 0 radical (unpaired) electrons. The number of likely N-dealkylation sites (N-methyl/N-ethyl adjacent to an activating group) is 1. The van der Waals surface area contributed by atoms with Gasteiger partial charge in [0, 0.05) is 38.4 Å². The summed E-state index contributed by atoms with van der Waals surface area (Å²) in [6, 6.07) is 14.8. The van der Waals surface area contributed by atoms with Crippen molar-refractivity contribution in [2.24, 2.45) is 0 Å². The first-order valence-corrected chi connectivity index (χ1v) is 10.6. The summed E-state index contributed by atoms with van der Waals surface area (Å²) in [5, 5.41) is 0. The van der Waals surface area contributed by atoms with Crippen molar-refractivity contribution in [3.8, 4) is 5.75 Å². The van der Waals surface area contributed by atoms with Gasteiger partial charge in [-0.25, -0.2) is 13.1 Å². The Morgan fingerprint density at radius 3 is 2.19 bits per heavy atom. The Morgan fingerprint density at radius 2 is 1.59 bits per heavy atom. The average Bonchev–Trinajstić information content (AvgIpc) is 2.69. The van der Waals surface area contributed by atoms with E-state index < -0.39 is 10.0 Å². The first-order chi connectivity index (χ1) is 13.0. The highest BCUT2D eigenvalue weighted by molar-refractivity contribution is 7.89. The molecule has 0 unspecified atom stereocenters. The fourth-order valence-electron chi connectivity index (χ4n) is 3.11. The van der Waals surface area contributed by atoms with Crippen molar-refractivity contribution < 1.29 is 13.2 Å². The van der Waals surface area contributed by atoms with Gasteiger partial charge in [0.15, 0.2) is 0 Å². The predicted octanol–water partition coefficient (Wildman–Crippen LogP) is 1.97. The molecule has 1 saturated heterocycles. The molecule has 0 atom stereocenters. The Morgan fingerprint density at radius 1 is 0.963 bits per heavy atom. The SMILES string of the molecule is COc1ccc(S(=O)(=O)NCCc2ccc(N3CCN(C)CC3)cc2)cc1. The summed E-state index contributed by atoms with van der Waals surface area (Å²) in [5.41, 5.74) is 2.34. The van der Waals surface area contributed by atoms with Crippen LogP contribution in [0.1, 0.15) is 5.56 Å². The van der Waals surface area contributed by atoms with E-state index in [1.807, 2.05) is 0 Å². The summed E-state index contributed by atoms with van der Waals surface area (Å²) < 4.78 is 32.4. The van der Waals surface area contributed by atoms with Crippen LogP contribution in [0.4, 0.5) is 5.69 Å². The van der Waals surface area contributed by atoms with Crippen molar-refractivity contribution in [3.63, 3.8) is 0 Å². The molecule has 0 amide bonds. The Bertz CT molecular complexity index is 828. The van der Waals surface area contributed by atoms with Gasteiger partial charge in [-0.1, -0.05) is 12.1 Å². The smallest absolute Gasteiger partial charge is 0.240 e. The zero-order valence-corrected chi connectivity index (χ0v) is 16.7. The highest BCUT2D eigenvalue weighted by atomic mass is 32.2. The molecule has 1 aliphatic heterocycles. The van der Waals surface area contributed by atoms with E-state index in [-0.39, 0.29) is 4.90 Å². The van der Waals surface area contributed by atoms with Gasteiger partial charge in [0.2, 0.25) is 10.0 Å². The first-order valence-electron chi connectivity index (χ1n) is 9.14. The number of nitrogens with one attached hydrogen (secondary N) is 1. The maximum Gasteiger partial charge on any atom is 0.240 e. The maximum absolute atomic E-state index is 12.3. The quantitative estimate of drug-likeness (QED) is 0.785. The summed E-state index contributed by atoms with van der Waals surface area (Å²) >= 11 is 0. The third-order valence-corrected chi connectivity index (χ3v) is 6.36. The van der Waals surface area contributed by atoms with E-state index in [1.54, 1.807) is 31.4 Å². The van der Waals surface area contributed by atoms with Crippen molar-refractivity contribution in [3.05, 3.63) is 54.1 Å². The van der Waals surface area contributed by atoms with E-state index in [0.29, 0.717) is 18.7 Å². The van der Waals surface area contributed by atoms with E-state index in [2.05, 4.69) is 45.8 Å². The van der Waals surface area contributed by atoms with Crippen molar-refractivity contribution in [1.29, 1.82) is 0 Å². The van der Waals surface area contributed by atoms with Gasteiger partial charge in [0.05, 0.1) is 12.0 Å². The van der Waals surface area contributed by atoms with Crippen LogP contribution in [0.2, 0.25) is 0 Å². The Balaban J connectivity index is 1.52. The molecule has 0 saturated carbocycles. The molecular formula is C20H27N3O3S. The van der Waals surface area contributed by atoms with Gasteiger partial charge >= 0.3 is 0 Å². The molecule has 0 bridgehead atoms. The van der Waals surface area contributed by atoms with Crippen LogP contribution in [0.3, 0.4) is 0 Å². The zero-order chi connectivity index (χ0) is 19.3. The van der Waals surface area contributed by atoms with Crippen molar-refractivity contribution in [2.75, 3.05) is 51.8 Å². The number of sulfonamides is 1. The second-order valence-corrected chi connectivity index (χ2v) is 8.55. The van der Waals surface area contributed by atoms with Gasteiger partial charge in [-0.3, -0.25) is 0 Å². The molecule has 1 fully saturated rings. The van der Waals surface area contributed by atoms with Crippen molar-refractivity contribution in [2.45, 2.75) is 11.3 Å². The Kier molecular flexibility index (Phi) is 6.36. The van der Waals surface area contributed by atoms with Crippen LogP contribution in [0.5, 0.6) is 5.75 Å². The summed E-state index contributed by atoms with van der Waals surface area (Å²) in [4.78, 5) is 4.96. The monoisotopic (exact) mass is 389 g/mol. The summed E-state index contributed by atoms with van der Waals surface area (Å²) in [5.74, 6) is 0.634. The second kappa shape index (κ2) is 8.73. The molecule has 146 valence electrons. The number of hydrogen-bond acceptors (Lipinski definition) is 5. The standard InChI is InChI=1S/C20H27N3O3S/c1-22-13-15-23(16-14-22)18-5-3-17(4-6-18)11-12-21-27(24,25)20-9-7-19(26-2)8-10-20/h3-10,21H,11-16H2,1-2H3. The van der Waals surface area contributed by atoms with Gasteiger partial charge in [-0.15, -0.1) is 0 Å². The second-order valence-electron chi connectivity index (χ2n) is 6.78. The van der Waals surface area contributed by atoms with E-state index in [4.69, 9.17) is 4.74 Å². The molecule has 6 nitrogen and oxygen atoms in total. The molecular weight excluding hydrogens is 362 g/mol. The van der Waals surface area contributed by atoms with Crippen LogP contribution in [-0.2, 0) is 16.4 Å². The fourth-order valence-corrected chi connectivity index (χ4v) is 4.14. The first kappa shape index (κ1) is 19.7. The largest absolute Gasteiger partial charge is 0.497 e. The summed E-state index contributed by atoms with van der Waals surface area (Å²) in [7, 11) is 0.194. The molecule has 1 N–H and O–H groups in total. The molecule has 1 aliphatic rings. The third kappa shape index (κ3) is 5.22. The highest BCUT2D eigenvalue weighted by Gasteiger charge is 2.15. The van der Waals surface area contributed by atoms with E-state index in [1.165, 1.54) is 5.69 Å². The number of methoxy groups -OCH3 is 1. The van der Waals surface area contributed by atoms with Gasteiger partial charge < -0.3 is 14.5 Å². The van der Waals surface area contributed by atoms with Crippen molar-refractivity contribution >= 4 is 15.7 Å². The fraction of sp³-hybridized carbons (Fsp3) is 0.400. The summed E-state index contributed by atoms with van der Waals surface area (Å²) in [6.45, 7) is 4.60. The number of benzene rings is 2. The van der Waals surface area contributed by atoms with Crippen molar-refractivity contribution in [1.82, 2.24) is 9.62 Å². The minimum Gasteiger partial charge on any atom is -0.497 e. The molecule has 0 aliphatic carbocycles. The average molecular weight is 390 g/mol. The molecule has 27 heavy (non-hydrogen) atoms. The number of ether oxygens (including phenoxy) is 1. The van der Waals surface area contributed by atoms with Crippen LogP contribution in [0.15, 0.2) is 53.4 Å². The minimum absolute atomic E-state index is 0.244. The Hall–Kier alpha value is -2.09. The topological polar surface area (TPSA) is 61.9 Å². The van der Waals surface area contributed by atoms with Gasteiger partial charge in [-0.2, -0.15) is 0 Å². The molecule has 7 heteroatoms. The number of anilines is 1. The predicted molar refractivity (Wildman–Crippen MR) is 108 cm³/mol. The summed E-state index contributed by atoms with van der Waals surface area (Å²) in [6.07, 6.45) is 0.651. The van der Waals surface area contributed by atoms with Crippen LogP contribution in [0, 0.1) is 0 Å². The van der Waals surface area contributed by atoms with Gasteiger partial charge in [0.25, 0.3) is 0 Å². The third-order valence-electron chi connectivity index (χ3n) is 4.88. The lowest BCUT2D eigenvalue weighted by Gasteiger charge is -2.34. The van der Waals surface area contributed by atoms with Gasteiger partial charge in [0.1, 0.15) is 5.75 Å².